The minimum absolute atomic E-state index is 0.250. The molecular weight excluding hydrogens is 263 g/mol. The Morgan fingerprint density at radius 3 is 2.45 bits per heavy atom. The van der Waals surface area contributed by atoms with Crippen molar-refractivity contribution in [1.29, 1.82) is 0 Å². The van der Waals surface area contributed by atoms with E-state index < -0.39 is 17.7 Å². The molecule has 0 aliphatic heterocycles. The van der Waals surface area contributed by atoms with Crippen LogP contribution in [0.1, 0.15) is 22.7 Å². The molecule has 1 N–H and O–H groups in total. The van der Waals surface area contributed by atoms with Gasteiger partial charge in [0, 0.05) is 11.6 Å². The Balaban J connectivity index is 2.31. The summed E-state index contributed by atoms with van der Waals surface area (Å²) >= 11 is 0. The second-order valence-corrected chi connectivity index (χ2v) is 4.77. The van der Waals surface area contributed by atoms with Gasteiger partial charge in [-0.25, -0.2) is 13.2 Å². The van der Waals surface area contributed by atoms with Crippen LogP contribution in [-0.4, -0.2) is 7.05 Å². The molecule has 4 heteroatoms. The smallest absolute Gasteiger partial charge is 0.163 e. The maximum Gasteiger partial charge on any atom is 0.163 e. The SMILES string of the molecule is CNC(Cc1cccc(F)c1)c1ccc(C)c(F)c1F. The molecule has 0 fully saturated rings. The first kappa shape index (κ1) is 14.6. The average Bonchev–Trinajstić information content (AvgIpc) is 2.43. The van der Waals surface area contributed by atoms with Crippen LogP contribution in [0.5, 0.6) is 0 Å². The Hall–Kier alpha value is -1.81. The highest BCUT2D eigenvalue weighted by Gasteiger charge is 2.18. The fourth-order valence-corrected chi connectivity index (χ4v) is 2.20. The number of hydrogen-bond acceptors (Lipinski definition) is 1. The first-order valence-electron chi connectivity index (χ1n) is 6.39. The Kier molecular flexibility index (Phi) is 4.45. The van der Waals surface area contributed by atoms with E-state index in [2.05, 4.69) is 5.32 Å². The van der Waals surface area contributed by atoms with Crippen molar-refractivity contribution < 1.29 is 13.2 Å². The van der Waals surface area contributed by atoms with Crippen LogP contribution in [-0.2, 0) is 6.42 Å². The summed E-state index contributed by atoms with van der Waals surface area (Å²) in [5, 5.41) is 2.94. The molecule has 0 radical (unpaired) electrons. The van der Waals surface area contributed by atoms with Crippen LogP contribution in [0, 0.1) is 24.4 Å². The molecule has 2 aromatic carbocycles. The van der Waals surface area contributed by atoms with E-state index in [0.717, 1.165) is 5.56 Å². The molecule has 0 aliphatic carbocycles. The molecule has 0 saturated carbocycles. The van der Waals surface area contributed by atoms with Crippen molar-refractivity contribution in [2.75, 3.05) is 7.05 Å². The van der Waals surface area contributed by atoms with Crippen molar-refractivity contribution in [2.24, 2.45) is 0 Å². The van der Waals surface area contributed by atoms with Gasteiger partial charge in [-0.2, -0.15) is 0 Å². The number of nitrogens with one attached hydrogen (secondary N) is 1. The van der Waals surface area contributed by atoms with Gasteiger partial charge in [-0.15, -0.1) is 0 Å². The summed E-state index contributed by atoms with van der Waals surface area (Å²) < 4.78 is 40.8. The van der Waals surface area contributed by atoms with Crippen molar-refractivity contribution >= 4 is 0 Å². The minimum Gasteiger partial charge on any atom is -0.313 e. The van der Waals surface area contributed by atoms with Gasteiger partial charge in [0.2, 0.25) is 0 Å². The van der Waals surface area contributed by atoms with Gasteiger partial charge in [-0.05, 0) is 43.7 Å². The summed E-state index contributed by atoms with van der Waals surface area (Å²) in [5.74, 6) is -2.02. The van der Waals surface area contributed by atoms with Crippen LogP contribution in [0.15, 0.2) is 36.4 Å². The second kappa shape index (κ2) is 6.09. The fourth-order valence-electron chi connectivity index (χ4n) is 2.20. The fraction of sp³-hybridized carbons (Fsp3) is 0.250. The van der Waals surface area contributed by atoms with Crippen LogP contribution < -0.4 is 5.32 Å². The largest absolute Gasteiger partial charge is 0.313 e. The highest BCUT2D eigenvalue weighted by atomic mass is 19.2. The molecule has 1 atom stereocenters. The van der Waals surface area contributed by atoms with Gasteiger partial charge in [0.15, 0.2) is 11.6 Å². The number of benzene rings is 2. The number of aryl methyl sites for hydroxylation is 1. The van der Waals surface area contributed by atoms with E-state index in [0.29, 0.717) is 6.42 Å². The van der Waals surface area contributed by atoms with E-state index in [9.17, 15) is 13.2 Å². The molecule has 0 aromatic heterocycles. The molecule has 0 amide bonds. The lowest BCUT2D eigenvalue weighted by atomic mass is 9.97. The topological polar surface area (TPSA) is 12.0 Å². The lowest BCUT2D eigenvalue weighted by molar-refractivity contribution is 0.469. The number of halogens is 3. The Bertz CT molecular complexity index is 611. The van der Waals surface area contributed by atoms with E-state index in [1.807, 2.05) is 0 Å². The van der Waals surface area contributed by atoms with Crippen molar-refractivity contribution in [3.8, 4) is 0 Å². The summed E-state index contributed by atoms with van der Waals surface area (Å²) in [5.41, 5.74) is 1.25. The summed E-state index contributed by atoms with van der Waals surface area (Å²) in [6.45, 7) is 1.52. The van der Waals surface area contributed by atoms with Crippen LogP contribution in [0.2, 0.25) is 0 Å². The minimum atomic E-state index is -0.847. The zero-order valence-corrected chi connectivity index (χ0v) is 11.4. The Morgan fingerprint density at radius 1 is 1.05 bits per heavy atom. The molecule has 1 unspecified atom stereocenters. The lowest BCUT2D eigenvalue weighted by Crippen LogP contribution is -2.21. The summed E-state index contributed by atoms with van der Waals surface area (Å²) in [7, 11) is 1.67. The summed E-state index contributed by atoms with van der Waals surface area (Å²) in [4.78, 5) is 0. The third-order valence-corrected chi connectivity index (χ3v) is 3.36. The van der Waals surface area contributed by atoms with E-state index >= 15 is 0 Å². The molecule has 0 heterocycles. The highest BCUT2D eigenvalue weighted by Crippen LogP contribution is 2.24. The zero-order chi connectivity index (χ0) is 14.7. The quantitative estimate of drug-likeness (QED) is 0.894. The van der Waals surface area contributed by atoms with Gasteiger partial charge in [0.25, 0.3) is 0 Å². The molecular formula is C16H16F3N. The number of rotatable bonds is 4. The molecule has 0 bridgehead atoms. The van der Waals surface area contributed by atoms with E-state index in [4.69, 9.17) is 0 Å². The molecule has 0 aliphatic rings. The molecule has 0 spiro atoms. The van der Waals surface area contributed by atoms with Crippen LogP contribution in [0.4, 0.5) is 13.2 Å². The van der Waals surface area contributed by atoms with Crippen LogP contribution in [0.3, 0.4) is 0 Å². The van der Waals surface area contributed by atoms with Gasteiger partial charge in [0.1, 0.15) is 5.82 Å². The third-order valence-electron chi connectivity index (χ3n) is 3.36. The van der Waals surface area contributed by atoms with Crippen LogP contribution >= 0.6 is 0 Å². The van der Waals surface area contributed by atoms with Crippen molar-refractivity contribution in [3.05, 3.63) is 70.5 Å². The van der Waals surface area contributed by atoms with E-state index in [1.54, 1.807) is 31.3 Å². The predicted molar refractivity (Wildman–Crippen MR) is 73.0 cm³/mol. The average molecular weight is 279 g/mol. The molecule has 1 nitrogen and oxygen atoms in total. The van der Waals surface area contributed by atoms with Gasteiger partial charge >= 0.3 is 0 Å². The summed E-state index contributed by atoms with van der Waals surface area (Å²) in [6, 6.07) is 8.81. The van der Waals surface area contributed by atoms with Gasteiger partial charge in [0.05, 0.1) is 0 Å². The first-order chi connectivity index (χ1) is 9.52. The maximum absolute atomic E-state index is 14.0. The second-order valence-electron chi connectivity index (χ2n) is 4.77. The molecule has 106 valence electrons. The molecule has 2 rings (SSSR count). The van der Waals surface area contributed by atoms with Crippen molar-refractivity contribution in [1.82, 2.24) is 5.32 Å². The van der Waals surface area contributed by atoms with Crippen LogP contribution in [0.25, 0.3) is 0 Å². The van der Waals surface area contributed by atoms with E-state index in [-0.39, 0.29) is 16.9 Å². The monoisotopic (exact) mass is 279 g/mol. The van der Waals surface area contributed by atoms with Crippen molar-refractivity contribution in [3.63, 3.8) is 0 Å². The zero-order valence-electron chi connectivity index (χ0n) is 11.4. The summed E-state index contributed by atoms with van der Waals surface area (Å²) in [6.07, 6.45) is 0.383. The van der Waals surface area contributed by atoms with E-state index in [1.165, 1.54) is 19.1 Å². The van der Waals surface area contributed by atoms with Gasteiger partial charge in [-0.1, -0.05) is 24.3 Å². The third kappa shape index (κ3) is 3.02. The van der Waals surface area contributed by atoms with Crippen molar-refractivity contribution in [2.45, 2.75) is 19.4 Å². The number of hydrogen-bond donors (Lipinski definition) is 1. The normalized spacial score (nSPS) is 12.4. The van der Waals surface area contributed by atoms with Gasteiger partial charge in [-0.3, -0.25) is 0 Å². The predicted octanol–water partition coefficient (Wildman–Crippen LogP) is 3.92. The Morgan fingerprint density at radius 2 is 1.80 bits per heavy atom. The standard InChI is InChI=1S/C16H16F3N/c1-10-6-7-13(16(19)15(10)18)14(20-2)9-11-4-3-5-12(17)8-11/h3-8,14,20H,9H2,1-2H3. The molecule has 2 aromatic rings. The Labute approximate surface area is 116 Å². The first-order valence-corrected chi connectivity index (χ1v) is 6.39. The number of likely N-dealkylation sites (N-methyl/N-ethyl adjacent to an activating group) is 1. The molecule has 20 heavy (non-hydrogen) atoms. The maximum atomic E-state index is 14.0. The van der Waals surface area contributed by atoms with Gasteiger partial charge < -0.3 is 5.32 Å². The molecule has 0 saturated heterocycles. The highest BCUT2D eigenvalue weighted by molar-refractivity contribution is 5.29. The lowest BCUT2D eigenvalue weighted by Gasteiger charge is -2.18.